The molecule has 66 valence electrons. The van der Waals surface area contributed by atoms with Crippen LogP contribution in [-0.2, 0) is 13.3 Å². The molecule has 0 aromatic rings. The third kappa shape index (κ3) is 2.45. The highest BCUT2D eigenvalue weighted by molar-refractivity contribution is 7.82. The summed E-state index contributed by atoms with van der Waals surface area (Å²) in [6.45, 7) is 4.10. The van der Waals surface area contributed by atoms with Crippen molar-refractivity contribution in [2.45, 2.75) is 13.3 Å². The van der Waals surface area contributed by atoms with E-state index in [4.69, 9.17) is 13.3 Å². The van der Waals surface area contributed by atoms with E-state index in [0.29, 0.717) is 12.0 Å². The lowest BCUT2D eigenvalue weighted by Gasteiger charge is -2.31. The largest absolute Gasteiger partial charge is 0.511 e. The molecule has 11 heavy (non-hydrogen) atoms. The van der Waals surface area contributed by atoms with Gasteiger partial charge in [0.2, 0.25) is 0 Å². The molecule has 0 atom stereocenters. The van der Waals surface area contributed by atoms with E-state index in [1.165, 1.54) is 0 Å². The van der Waals surface area contributed by atoms with Gasteiger partial charge in [0.1, 0.15) is 0 Å². The molecule has 1 saturated heterocycles. The van der Waals surface area contributed by atoms with Crippen molar-refractivity contribution >= 4 is 21.4 Å². The van der Waals surface area contributed by atoms with Crippen LogP contribution in [0.25, 0.3) is 0 Å². The Kier molecular flexibility index (Phi) is 3.87. The summed E-state index contributed by atoms with van der Waals surface area (Å²) in [6, 6.07) is 0. The Morgan fingerprint density at radius 3 is 2.55 bits per heavy atom. The van der Waals surface area contributed by atoms with E-state index in [1.807, 2.05) is 6.92 Å². The molecule has 0 spiro atoms. The molecule has 0 N–H and O–H groups in total. The lowest BCUT2D eigenvalue weighted by atomic mass is 10.5. The molecule has 0 bridgehead atoms. The van der Waals surface area contributed by atoms with E-state index < -0.39 is 8.80 Å². The zero-order chi connectivity index (χ0) is 8.16. The highest BCUT2D eigenvalue weighted by atomic mass is 32.1. The first-order valence-corrected chi connectivity index (χ1v) is 6.42. The maximum Gasteiger partial charge on any atom is 0.511 e. The van der Waals surface area contributed by atoms with Crippen LogP contribution in [0.2, 0.25) is 0 Å². The summed E-state index contributed by atoms with van der Waals surface area (Å²) >= 11 is 4.17. The monoisotopic (exact) mass is 194 g/mol. The Morgan fingerprint density at radius 2 is 2.09 bits per heavy atom. The smallest absolute Gasteiger partial charge is 0.373 e. The number of thiol groups is 1. The minimum absolute atomic E-state index is 0.584. The zero-order valence-corrected chi connectivity index (χ0v) is 8.60. The van der Waals surface area contributed by atoms with E-state index in [-0.39, 0.29) is 0 Å². The first kappa shape index (κ1) is 9.53. The summed E-state index contributed by atoms with van der Waals surface area (Å²) in [4.78, 5) is 0. The molecule has 0 aliphatic carbocycles. The average Bonchev–Trinajstić information content (AvgIpc) is 2.07. The van der Waals surface area contributed by atoms with Crippen molar-refractivity contribution < 1.29 is 13.3 Å². The topological polar surface area (TPSA) is 27.7 Å². The van der Waals surface area contributed by atoms with Gasteiger partial charge in [-0.1, -0.05) is 0 Å². The van der Waals surface area contributed by atoms with E-state index in [9.17, 15) is 0 Å². The van der Waals surface area contributed by atoms with Gasteiger partial charge in [-0.3, -0.25) is 0 Å². The molecule has 5 heteroatoms. The van der Waals surface area contributed by atoms with Crippen LogP contribution in [0.3, 0.4) is 0 Å². The highest BCUT2D eigenvalue weighted by Crippen LogP contribution is 2.16. The fraction of sp³-hybridized carbons (Fsp3) is 1.00. The van der Waals surface area contributed by atoms with Crippen molar-refractivity contribution in [1.82, 2.24) is 0 Å². The quantitative estimate of drug-likeness (QED) is 0.533. The van der Waals surface area contributed by atoms with E-state index in [1.54, 1.807) is 0 Å². The van der Waals surface area contributed by atoms with Crippen molar-refractivity contribution in [2.24, 2.45) is 0 Å². The lowest BCUT2D eigenvalue weighted by Crippen LogP contribution is -2.51. The molecule has 1 rings (SSSR count). The van der Waals surface area contributed by atoms with Gasteiger partial charge in [-0.2, -0.15) is 12.6 Å². The molecule has 0 saturated carbocycles. The molecule has 1 aliphatic rings. The van der Waals surface area contributed by atoms with Gasteiger partial charge in [0.15, 0.2) is 0 Å². The number of rotatable bonds is 3. The van der Waals surface area contributed by atoms with Gasteiger partial charge in [0, 0.05) is 19.8 Å². The van der Waals surface area contributed by atoms with Crippen LogP contribution in [-0.4, -0.2) is 34.0 Å². The second-order valence-corrected chi connectivity index (χ2v) is 5.82. The van der Waals surface area contributed by atoms with Crippen molar-refractivity contribution in [3.63, 3.8) is 0 Å². The summed E-state index contributed by atoms with van der Waals surface area (Å²) in [5.74, 6) is 0. The van der Waals surface area contributed by atoms with Crippen molar-refractivity contribution in [3.8, 4) is 0 Å². The van der Waals surface area contributed by atoms with Gasteiger partial charge in [-0.25, -0.2) is 0 Å². The molecule has 0 unspecified atom stereocenters. The average molecular weight is 194 g/mol. The Morgan fingerprint density at radius 1 is 1.45 bits per heavy atom. The summed E-state index contributed by atoms with van der Waals surface area (Å²) in [5.41, 5.74) is 0. The minimum Gasteiger partial charge on any atom is -0.373 e. The molecule has 0 aromatic carbocycles. The van der Waals surface area contributed by atoms with Crippen molar-refractivity contribution in [2.75, 3.05) is 25.2 Å². The summed E-state index contributed by atoms with van der Waals surface area (Å²) in [5, 5.41) is 0.584. The SMILES string of the molecule is CCO[Si]1(CS)OCCCO1. The van der Waals surface area contributed by atoms with Crippen LogP contribution < -0.4 is 0 Å². The Labute approximate surface area is 73.8 Å². The van der Waals surface area contributed by atoms with Crippen LogP contribution in [0.15, 0.2) is 0 Å². The van der Waals surface area contributed by atoms with Gasteiger partial charge in [0.05, 0.1) is 5.38 Å². The van der Waals surface area contributed by atoms with E-state index in [2.05, 4.69) is 12.6 Å². The van der Waals surface area contributed by atoms with Gasteiger partial charge >= 0.3 is 8.80 Å². The van der Waals surface area contributed by atoms with Crippen molar-refractivity contribution in [1.29, 1.82) is 0 Å². The van der Waals surface area contributed by atoms with Gasteiger partial charge in [-0.05, 0) is 13.3 Å². The first-order chi connectivity index (χ1) is 5.33. The zero-order valence-electron chi connectivity index (χ0n) is 6.71. The lowest BCUT2D eigenvalue weighted by molar-refractivity contribution is 0.0300. The van der Waals surface area contributed by atoms with Crippen LogP contribution >= 0.6 is 12.6 Å². The van der Waals surface area contributed by atoms with Gasteiger partial charge < -0.3 is 13.3 Å². The predicted molar refractivity (Wildman–Crippen MR) is 47.8 cm³/mol. The summed E-state index contributed by atoms with van der Waals surface area (Å²) in [7, 11) is -2.29. The molecule has 1 aliphatic heterocycles. The molecular formula is C6H14O3SSi. The number of hydrogen-bond acceptors (Lipinski definition) is 4. The molecule has 0 radical (unpaired) electrons. The molecule has 1 heterocycles. The van der Waals surface area contributed by atoms with Crippen LogP contribution in [0.5, 0.6) is 0 Å². The fourth-order valence-electron chi connectivity index (χ4n) is 0.996. The summed E-state index contributed by atoms with van der Waals surface area (Å²) in [6.07, 6.45) is 0.968. The normalized spacial score (nSPS) is 23.5. The molecule has 0 amide bonds. The van der Waals surface area contributed by atoms with Gasteiger partial charge in [-0.15, -0.1) is 0 Å². The predicted octanol–water partition coefficient (Wildman–Crippen LogP) is 0.868. The van der Waals surface area contributed by atoms with E-state index >= 15 is 0 Å². The van der Waals surface area contributed by atoms with Crippen LogP contribution in [0.1, 0.15) is 13.3 Å². The second kappa shape index (κ2) is 4.47. The Bertz CT molecular complexity index is 111. The van der Waals surface area contributed by atoms with Crippen molar-refractivity contribution in [3.05, 3.63) is 0 Å². The Balaban J connectivity index is 2.42. The second-order valence-electron chi connectivity index (χ2n) is 2.32. The summed E-state index contributed by atoms with van der Waals surface area (Å²) < 4.78 is 16.4. The maximum absolute atomic E-state index is 5.47. The third-order valence-corrected chi connectivity index (χ3v) is 5.06. The Hall–Kier alpha value is 0.447. The standard InChI is InChI=1S/C6H14O3SSi/c1-2-7-11(6-10)8-4-3-5-9-11/h10H,2-6H2,1H3. The number of hydrogen-bond donors (Lipinski definition) is 1. The molecule has 3 nitrogen and oxygen atoms in total. The highest BCUT2D eigenvalue weighted by Gasteiger charge is 2.41. The third-order valence-electron chi connectivity index (χ3n) is 1.49. The molecular weight excluding hydrogens is 180 g/mol. The molecule has 0 aromatic heterocycles. The van der Waals surface area contributed by atoms with Crippen LogP contribution in [0, 0.1) is 0 Å². The van der Waals surface area contributed by atoms with Crippen LogP contribution in [0.4, 0.5) is 0 Å². The fourth-order valence-corrected chi connectivity index (χ4v) is 3.69. The first-order valence-electron chi connectivity index (χ1n) is 3.86. The molecule has 1 fully saturated rings. The van der Waals surface area contributed by atoms with Gasteiger partial charge in [0.25, 0.3) is 0 Å². The minimum atomic E-state index is -2.29. The van der Waals surface area contributed by atoms with E-state index in [0.717, 1.165) is 19.6 Å². The maximum atomic E-state index is 5.47.